The van der Waals surface area contributed by atoms with E-state index in [1.807, 2.05) is 12.1 Å². The van der Waals surface area contributed by atoms with Gasteiger partial charge in [-0.3, -0.25) is 14.5 Å². The molecule has 198 valence electrons. The van der Waals surface area contributed by atoms with E-state index in [2.05, 4.69) is 18.7 Å². The first-order chi connectivity index (χ1) is 18.2. The molecule has 0 aliphatic carbocycles. The van der Waals surface area contributed by atoms with Crippen molar-refractivity contribution in [3.8, 4) is 17.2 Å². The number of carbonyl (C=O) groups is 2. The van der Waals surface area contributed by atoms with Gasteiger partial charge in [-0.2, -0.15) is 0 Å². The van der Waals surface area contributed by atoms with Gasteiger partial charge in [0.05, 0.1) is 36.4 Å². The van der Waals surface area contributed by atoms with Crippen LogP contribution in [0.1, 0.15) is 31.0 Å². The van der Waals surface area contributed by atoms with Crippen LogP contribution in [0.3, 0.4) is 0 Å². The lowest BCUT2D eigenvalue weighted by Crippen LogP contribution is -2.29. The Bertz CT molecular complexity index is 1380. The van der Waals surface area contributed by atoms with Crippen molar-refractivity contribution in [3.05, 3.63) is 82.4 Å². The minimum Gasteiger partial charge on any atom is -0.508 e. The third-order valence-electron chi connectivity index (χ3n) is 6.64. The van der Waals surface area contributed by atoms with Crippen LogP contribution in [0.5, 0.6) is 17.2 Å². The number of anilines is 2. The normalized spacial score (nSPS) is 16.6. The molecule has 1 heterocycles. The number of hydrogen-bond acceptors (Lipinski definition) is 7. The van der Waals surface area contributed by atoms with Gasteiger partial charge in [0.1, 0.15) is 23.0 Å². The zero-order chi connectivity index (χ0) is 27.6. The third-order valence-corrected chi connectivity index (χ3v) is 6.93. The van der Waals surface area contributed by atoms with Crippen molar-refractivity contribution < 1.29 is 29.3 Å². The number of hydrogen-bond donors (Lipinski definition) is 2. The van der Waals surface area contributed by atoms with Crippen molar-refractivity contribution in [3.63, 3.8) is 0 Å². The summed E-state index contributed by atoms with van der Waals surface area (Å²) in [7, 11) is 2.83. The van der Waals surface area contributed by atoms with Crippen molar-refractivity contribution in [1.29, 1.82) is 0 Å². The van der Waals surface area contributed by atoms with Crippen molar-refractivity contribution in [2.75, 3.05) is 37.1 Å². The molecule has 4 rings (SSSR count). The topological polar surface area (TPSA) is 99.5 Å². The number of nitrogens with zero attached hydrogens (tertiary/aromatic N) is 2. The van der Waals surface area contributed by atoms with Gasteiger partial charge in [-0.15, -0.1) is 0 Å². The predicted molar refractivity (Wildman–Crippen MR) is 147 cm³/mol. The van der Waals surface area contributed by atoms with Crippen LogP contribution in [0.4, 0.5) is 11.4 Å². The van der Waals surface area contributed by atoms with Gasteiger partial charge in [0.2, 0.25) is 0 Å². The molecule has 1 amide bonds. The highest BCUT2D eigenvalue weighted by Gasteiger charge is 2.47. The Hall–Kier alpha value is -4.17. The number of ketones is 1. The SMILES string of the molecule is CCN(CC)c1ccc(N2C(=O)C(=O)/C(=C(/O)c3cc(OC)c(Cl)cc3OC)C2c2ccc(O)cc2)cc1. The van der Waals surface area contributed by atoms with E-state index in [-0.39, 0.29) is 33.4 Å². The number of Topliss-reactive ketones (excluding diaryl/α,β-unsaturated/α-hetero) is 1. The summed E-state index contributed by atoms with van der Waals surface area (Å²) in [5, 5.41) is 21.6. The summed E-state index contributed by atoms with van der Waals surface area (Å²) in [6, 6.07) is 15.4. The largest absolute Gasteiger partial charge is 0.508 e. The molecule has 0 bridgehead atoms. The highest BCUT2D eigenvalue weighted by molar-refractivity contribution is 6.51. The van der Waals surface area contributed by atoms with Gasteiger partial charge in [0.25, 0.3) is 11.7 Å². The Labute approximate surface area is 226 Å². The van der Waals surface area contributed by atoms with Crippen molar-refractivity contribution in [2.24, 2.45) is 0 Å². The molecular weight excluding hydrogens is 508 g/mol. The van der Waals surface area contributed by atoms with Crippen LogP contribution in [0.25, 0.3) is 5.76 Å². The molecule has 0 aromatic heterocycles. The second-order valence-corrected chi connectivity index (χ2v) is 9.04. The summed E-state index contributed by atoms with van der Waals surface area (Å²) in [6.07, 6.45) is 0. The Morgan fingerprint density at radius 2 is 1.55 bits per heavy atom. The molecule has 0 spiro atoms. The van der Waals surface area contributed by atoms with Gasteiger partial charge >= 0.3 is 0 Å². The summed E-state index contributed by atoms with van der Waals surface area (Å²) in [4.78, 5) is 30.5. The van der Waals surface area contributed by atoms with Crippen molar-refractivity contribution in [1.82, 2.24) is 0 Å². The molecule has 1 atom stereocenters. The number of aromatic hydroxyl groups is 1. The molecule has 0 radical (unpaired) electrons. The van der Waals surface area contributed by atoms with Crippen LogP contribution in [0, 0.1) is 0 Å². The lowest BCUT2D eigenvalue weighted by Gasteiger charge is -2.27. The molecule has 2 N–H and O–H groups in total. The zero-order valence-corrected chi connectivity index (χ0v) is 22.3. The summed E-state index contributed by atoms with van der Waals surface area (Å²) < 4.78 is 10.7. The van der Waals surface area contributed by atoms with Gasteiger partial charge in [-0.1, -0.05) is 23.7 Å². The molecule has 3 aromatic rings. The van der Waals surface area contributed by atoms with Crippen LogP contribution < -0.4 is 19.3 Å². The first-order valence-electron chi connectivity index (χ1n) is 12.1. The molecular formula is C29H29ClN2O6. The molecule has 9 heteroatoms. The van der Waals surface area contributed by atoms with Crippen LogP contribution in [0.2, 0.25) is 5.02 Å². The Morgan fingerprint density at radius 1 is 0.947 bits per heavy atom. The average molecular weight is 537 g/mol. The number of amides is 1. The highest BCUT2D eigenvalue weighted by Crippen LogP contribution is 2.45. The molecule has 1 unspecified atom stereocenters. The van der Waals surface area contributed by atoms with Gasteiger partial charge < -0.3 is 24.6 Å². The second-order valence-electron chi connectivity index (χ2n) is 8.64. The van der Waals surface area contributed by atoms with Gasteiger partial charge in [0, 0.05) is 30.5 Å². The second kappa shape index (κ2) is 11.1. The van der Waals surface area contributed by atoms with E-state index in [1.165, 1.54) is 43.4 Å². The number of ether oxygens (including phenoxy) is 2. The van der Waals surface area contributed by atoms with E-state index in [0.717, 1.165) is 18.8 Å². The number of carbonyl (C=O) groups excluding carboxylic acids is 2. The van der Waals surface area contributed by atoms with Crippen LogP contribution >= 0.6 is 11.6 Å². The van der Waals surface area contributed by atoms with E-state index in [4.69, 9.17) is 21.1 Å². The minimum atomic E-state index is -0.971. The monoisotopic (exact) mass is 536 g/mol. The predicted octanol–water partition coefficient (Wildman–Crippen LogP) is 5.54. The van der Waals surface area contributed by atoms with Crippen LogP contribution in [0.15, 0.2) is 66.2 Å². The summed E-state index contributed by atoms with van der Waals surface area (Å²) in [5.41, 5.74) is 2.01. The molecule has 0 saturated carbocycles. The first kappa shape index (κ1) is 26.9. The lowest BCUT2D eigenvalue weighted by atomic mass is 9.94. The van der Waals surface area contributed by atoms with E-state index in [0.29, 0.717) is 11.3 Å². The standard InChI is InChI=1S/C29H29ClN2O6/c1-5-31(6-2)18-9-11-19(12-10-18)32-26(17-7-13-20(33)14-8-17)25(28(35)29(32)36)27(34)21-15-24(38-4)22(30)16-23(21)37-3/h7-16,26,33-34H,5-6H2,1-4H3/b27-25+. The maximum Gasteiger partial charge on any atom is 0.300 e. The summed E-state index contributed by atoms with van der Waals surface area (Å²) >= 11 is 6.24. The van der Waals surface area contributed by atoms with Gasteiger partial charge in [0.15, 0.2) is 0 Å². The van der Waals surface area contributed by atoms with Crippen LogP contribution in [-0.2, 0) is 9.59 Å². The number of aliphatic hydroxyl groups is 1. The Morgan fingerprint density at radius 3 is 2.11 bits per heavy atom. The van der Waals surface area contributed by atoms with E-state index < -0.39 is 23.5 Å². The zero-order valence-electron chi connectivity index (χ0n) is 21.6. The number of phenols is 1. The number of phenolic OH excluding ortho intramolecular Hbond substituents is 1. The Balaban J connectivity index is 1.93. The fourth-order valence-corrected chi connectivity index (χ4v) is 4.91. The number of methoxy groups -OCH3 is 2. The van der Waals surface area contributed by atoms with Crippen LogP contribution in [-0.4, -0.2) is 49.2 Å². The number of benzene rings is 3. The third kappa shape index (κ3) is 4.75. The van der Waals surface area contributed by atoms with Crippen molar-refractivity contribution >= 4 is 40.4 Å². The first-order valence-corrected chi connectivity index (χ1v) is 12.5. The summed E-state index contributed by atoms with van der Waals surface area (Å²) in [6.45, 7) is 5.75. The minimum absolute atomic E-state index is 0.0263. The molecule has 8 nitrogen and oxygen atoms in total. The maximum absolute atomic E-state index is 13.5. The smallest absolute Gasteiger partial charge is 0.300 e. The molecule has 3 aromatic carbocycles. The lowest BCUT2D eigenvalue weighted by molar-refractivity contribution is -0.132. The quantitative estimate of drug-likeness (QED) is 0.222. The fraction of sp³-hybridized carbons (Fsp3) is 0.241. The van der Waals surface area contributed by atoms with Gasteiger partial charge in [-0.25, -0.2) is 0 Å². The molecule has 1 fully saturated rings. The number of aliphatic hydroxyl groups excluding tert-OH is 1. The van der Waals surface area contributed by atoms with Gasteiger partial charge in [-0.05, 0) is 61.9 Å². The Kier molecular flexibility index (Phi) is 7.83. The summed E-state index contributed by atoms with van der Waals surface area (Å²) in [5.74, 6) is -1.60. The highest BCUT2D eigenvalue weighted by atomic mass is 35.5. The number of halogens is 1. The van der Waals surface area contributed by atoms with E-state index >= 15 is 0 Å². The van der Waals surface area contributed by atoms with E-state index in [1.54, 1.807) is 24.3 Å². The molecule has 1 aliphatic heterocycles. The van der Waals surface area contributed by atoms with E-state index in [9.17, 15) is 19.8 Å². The van der Waals surface area contributed by atoms with Crippen molar-refractivity contribution in [2.45, 2.75) is 19.9 Å². The number of rotatable bonds is 8. The maximum atomic E-state index is 13.5. The average Bonchev–Trinajstić information content (AvgIpc) is 3.19. The molecule has 38 heavy (non-hydrogen) atoms. The molecule has 1 aliphatic rings. The fourth-order valence-electron chi connectivity index (χ4n) is 4.67. The molecule has 1 saturated heterocycles.